The second-order valence-corrected chi connectivity index (χ2v) is 5.52. The van der Waals surface area contributed by atoms with Crippen LogP contribution in [0.3, 0.4) is 0 Å². The third-order valence-corrected chi connectivity index (χ3v) is 4.14. The average Bonchev–Trinajstić information content (AvgIpc) is 2.40. The summed E-state index contributed by atoms with van der Waals surface area (Å²) < 4.78 is 38.6. The lowest BCUT2D eigenvalue weighted by Crippen LogP contribution is -2.45. The molecule has 0 aliphatic rings. The first-order chi connectivity index (χ1) is 9.71. The normalized spacial score (nSPS) is 11.8. The molecule has 0 fully saturated rings. The fraction of sp³-hybridized carbons (Fsp3) is 0.500. The molecule has 0 radical (unpaired) electrons. The zero-order valence-corrected chi connectivity index (χ0v) is 13.5. The monoisotopic (exact) mass is 366 g/mol. The van der Waals surface area contributed by atoms with Gasteiger partial charge in [0.15, 0.2) is 0 Å². The van der Waals surface area contributed by atoms with Crippen LogP contribution in [-0.4, -0.2) is 29.6 Å². The van der Waals surface area contributed by atoms with Gasteiger partial charge in [-0.2, -0.15) is 13.2 Å². The smallest absolute Gasteiger partial charge is 0.398 e. The predicted molar refractivity (Wildman–Crippen MR) is 80.0 cm³/mol. The fourth-order valence-electron chi connectivity index (χ4n) is 2.16. The number of carbonyl (C=O) groups is 1. The van der Waals surface area contributed by atoms with Crippen LogP contribution in [0.15, 0.2) is 22.7 Å². The Labute approximate surface area is 130 Å². The first-order valence-corrected chi connectivity index (χ1v) is 7.42. The van der Waals surface area contributed by atoms with Crippen molar-refractivity contribution in [3.05, 3.63) is 28.2 Å². The van der Waals surface area contributed by atoms with Gasteiger partial charge in [0.2, 0.25) is 0 Å². The Bertz CT molecular complexity index is 501. The Morgan fingerprint density at radius 1 is 1.33 bits per heavy atom. The number of nitrogen functional groups attached to an aromatic ring is 1. The van der Waals surface area contributed by atoms with E-state index < -0.39 is 24.7 Å². The first kappa shape index (κ1) is 17.8. The van der Waals surface area contributed by atoms with E-state index in [1.54, 1.807) is 26.0 Å². The molecule has 0 saturated carbocycles. The molecule has 0 aliphatic carbocycles. The van der Waals surface area contributed by atoms with Crippen LogP contribution in [-0.2, 0) is 0 Å². The minimum Gasteiger partial charge on any atom is -0.398 e. The number of carbonyl (C=O) groups excluding carboxylic acids is 1. The van der Waals surface area contributed by atoms with Crippen molar-refractivity contribution in [1.82, 2.24) is 4.90 Å². The first-order valence-electron chi connectivity index (χ1n) is 6.63. The molecule has 0 heterocycles. The highest BCUT2D eigenvalue weighted by Gasteiger charge is 2.36. The summed E-state index contributed by atoms with van der Waals surface area (Å²) in [5.74, 6) is -0.666. The van der Waals surface area contributed by atoms with E-state index in [2.05, 4.69) is 15.9 Å². The fourth-order valence-corrected chi connectivity index (χ4v) is 2.59. The summed E-state index contributed by atoms with van der Waals surface area (Å²) in [5, 5.41) is 0. The maximum atomic E-state index is 12.8. The summed E-state index contributed by atoms with van der Waals surface area (Å²) in [6.45, 7) is 2.26. The Hall–Kier alpha value is -1.24. The van der Waals surface area contributed by atoms with Crippen LogP contribution in [0.4, 0.5) is 18.9 Å². The summed E-state index contributed by atoms with van der Waals surface area (Å²) in [4.78, 5) is 13.4. The lowest BCUT2D eigenvalue weighted by molar-refractivity contribution is -0.144. The number of rotatable bonds is 5. The second-order valence-electron chi connectivity index (χ2n) is 4.73. The topological polar surface area (TPSA) is 46.3 Å². The molecule has 1 rings (SSSR count). The van der Waals surface area contributed by atoms with E-state index in [4.69, 9.17) is 5.73 Å². The minimum atomic E-state index is -4.44. The number of nitrogens with zero attached hydrogens (tertiary/aromatic N) is 1. The van der Waals surface area contributed by atoms with Gasteiger partial charge < -0.3 is 10.6 Å². The molecule has 2 N–H and O–H groups in total. The number of halogens is 4. The van der Waals surface area contributed by atoms with Gasteiger partial charge in [0.05, 0.1) is 10.0 Å². The number of amides is 1. The number of anilines is 1. The average molecular weight is 367 g/mol. The SMILES string of the molecule is CCC(CC)N(CC(F)(F)F)C(=O)c1cccc(N)c1Br. The van der Waals surface area contributed by atoms with Crippen LogP contribution >= 0.6 is 15.9 Å². The van der Waals surface area contributed by atoms with Crippen molar-refractivity contribution in [3.63, 3.8) is 0 Å². The largest absolute Gasteiger partial charge is 0.406 e. The molecule has 1 aromatic carbocycles. The Morgan fingerprint density at radius 3 is 2.38 bits per heavy atom. The van der Waals surface area contributed by atoms with Crippen LogP contribution in [0.5, 0.6) is 0 Å². The highest BCUT2D eigenvalue weighted by atomic mass is 79.9. The van der Waals surface area contributed by atoms with Crippen LogP contribution < -0.4 is 5.73 Å². The van der Waals surface area contributed by atoms with Crippen LogP contribution in [0.1, 0.15) is 37.0 Å². The van der Waals surface area contributed by atoms with Gasteiger partial charge in [-0.25, -0.2) is 0 Å². The molecule has 118 valence electrons. The summed E-state index contributed by atoms with van der Waals surface area (Å²) in [7, 11) is 0. The molecule has 0 aromatic heterocycles. The lowest BCUT2D eigenvalue weighted by Gasteiger charge is -2.31. The molecule has 0 spiro atoms. The third kappa shape index (κ3) is 4.62. The van der Waals surface area contributed by atoms with Gasteiger partial charge >= 0.3 is 6.18 Å². The van der Waals surface area contributed by atoms with Gasteiger partial charge in [-0.15, -0.1) is 0 Å². The van der Waals surface area contributed by atoms with Crippen molar-refractivity contribution in [2.24, 2.45) is 0 Å². The van der Waals surface area contributed by atoms with Crippen molar-refractivity contribution in [2.75, 3.05) is 12.3 Å². The number of hydrogen-bond donors (Lipinski definition) is 1. The van der Waals surface area contributed by atoms with Crippen molar-refractivity contribution >= 4 is 27.5 Å². The minimum absolute atomic E-state index is 0.145. The molecule has 0 bridgehead atoms. The molecule has 0 atom stereocenters. The van der Waals surface area contributed by atoms with E-state index in [0.717, 1.165) is 4.90 Å². The second kappa shape index (κ2) is 7.15. The van der Waals surface area contributed by atoms with Gasteiger partial charge in [-0.3, -0.25) is 4.79 Å². The molecule has 1 aromatic rings. The Kier molecular flexibility index (Phi) is 6.07. The van der Waals surface area contributed by atoms with E-state index in [1.807, 2.05) is 0 Å². The highest BCUT2D eigenvalue weighted by molar-refractivity contribution is 9.10. The van der Waals surface area contributed by atoms with Gasteiger partial charge in [0.25, 0.3) is 5.91 Å². The quantitative estimate of drug-likeness (QED) is 0.792. The molecule has 3 nitrogen and oxygen atoms in total. The zero-order chi connectivity index (χ0) is 16.2. The van der Waals surface area contributed by atoms with Crippen molar-refractivity contribution in [3.8, 4) is 0 Å². The maximum absolute atomic E-state index is 12.8. The van der Waals surface area contributed by atoms with Gasteiger partial charge in [0.1, 0.15) is 6.54 Å². The van der Waals surface area contributed by atoms with E-state index >= 15 is 0 Å². The van der Waals surface area contributed by atoms with Crippen LogP contribution in [0.2, 0.25) is 0 Å². The molecular formula is C14H18BrF3N2O. The van der Waals surface area contributed by atoms with Crippen molar-refractivity contribution < 1.29 is 18.0 Å². The maximum Gasteiger partial charge on any atom is 0.406 e. The highest BCUT2D eigenvalue weighted by Crippen LogP contribution is 2.28. The number of hydrogen-bond acceptors (Lipinski definition) is 2. The third-order valence-electron chi connectivity index (χ3n) is 3.25. The molecular weight excluding hydrogens is 349 g/mol. The molecule has 0 unspecified atom stereocenters. The van der Waals surface area contributed by atoms with E-state index in [-0.39, 0.29) is 5.56 Å². The summed E-state index contributed by atoms with van der Waals surface area (Å²) in [6, 6.07) is 4.12. The molecule has 0 saturated heterocycles. The summed E-state index contributed by atoms with van der Waals surface area (Å²) >= 11 is 3.17. The van der Waals surface area contributed by atoms with E-state index in [0.29, 0.717) is 23.0 Å². The van der Waals surface area contributed by atoms with E-state index in [1.165, 1.54) is 6.07 Å². The van der Waals surface area contributed by atoms with Gasteiger partial charge in [-0.05, 0) is 40.9 Å². The molecule has 1 amide bonds. The predicted octanol–water partition coefficient (Wildman–Crippen LogP) is 4.22. The molecule has 0 aliphatic heterocycles. The molecule has 21 heavy (non-hydrogen) atoms. The molecule has 7 heteroatoms. The van der Waals surface area contributed by atoms with Gasteiger partial charge in [-0.1, -0.05) is 19.9 Å². The Balaban J connectivity index is 3.18. The zero-order valence-electron chi connectivity index (χ0n) is 11.9. The standard InChI is InChI=1S/C14H18BrF3N2O/c1-3-9(4-2)20(8-14(16,17)18)13(21)10-6-5-7-11(19)12(10)15/h5-7,9H,3-4,8,19H2,1-2H3. The van der Waals surface area contributed by atoms with Crippen LogP contribution in [0, 0.1) is 0 Å². The lowest BCUT2D eigenvalue weighted by atomic mass is 10.1. The van der Waals surface area contributed by atoms with Crippen molar-refractivity contribution in [2.45, 2.75) is 38.9 Å². The van der Waals surface area contributed by atoms with Crippen LogP contribution in [0.25, 0.3) is 0 Å². The number of nitrogens with two attached hydrogens (primary N) is 1. The number of alkyl halides is 3. The summed E-state index contributed by atoms with van der Waals surface area (Å²) in [6.07, 6.45) is -3.53. The van der Waals surface area contributed by atoms with E-state index in [9.17, 15) is 18.0 Å². The number of benzene rings is 1. The Morgan fingerprint density at radius 2 is 1.90 bits per heavy atom. The van der Waals surface area contributed by atoms with Gasteiger partial charge in [0, 0.05) is 11.7 Å². The van der Waals surface area contributed by atoms with Crippen molar-refractivity contribution in [1.29, 1.82) is 0 Å². The summed E-state index contributed by atoms with van der Waals surface area (Å²) in [5.41, 5.74) is 6.15.